The summed E-state index contributed by atoms with van der Waals surface area (Å²) in [6.07, 6.45) is 0. The van der Waals surface area contributed by atoms with Crippen molar-refractivity contribution < 1.29 is 4.74 Å². The third kappa shape index (κ3) is 3.07. The Bertz CT molecular complexity index is 667. The molecule has 0 bridgehead atoms. The minimum absolute atomic E-state index is 0. The number of likely N-dealkylation sites (N-methyl/N-ethyl adjacent to an activating group) is 1. The summed E-state index contributed by atoms with van der Waals surface area (Å²) < 4.78 is 7.33. The van der Waals surface area contributed by atoms with Crippen LogP contribution in [-0.2, 0) is 13.6 Å². The zero-order valence-electron chi connectivity index (χ0n) is 12.5. The third-order valence-electron chi connectivity index (χ3n) is 3.64. The Morgan fingerprint density at radius 1 is 1.33 bits per heavy atom. The van der Waals surface area contributed by atoms with E-state index in [0.29, 0.717) is 6.54 Å². The summed E-state index contributed by atoms with van der Waals surface area (Å²) in [4.78, 5) is 11.2. The molecule has 21 heavy (non-hydrogen) atoms. The normalized spacial score (nSPS) is 14.0. The van der Waals surface area contributed by atoms with Crippen molar-refractivity contribution in [3.63, 3.8) is 0 Å². The Morgan fingerprint density at radius 3 is 2.81 bits per heavy atom. The molecule has 0 atom stereocenters. The fourth-order valence-electron chi connectivity index (χ4n) is 2.40. The molecule has 3 rings (SSSR count). The van der Waals surface area contributed by atoms with Crippen LogP contribution in [0.25, 0.3) is 11.0 Å². The summed E-state index contributed by atoms with van der Waals surface area (Å²) in [6, 6.07) is 5.94. The van der Waals surface area contributed by atoms with Gasteiger partial charge in [-0.1, -0.05) is 0 Å². The average molecular weight is 401 g/mol. The number of methoxy groups -OCH3 is 1. The molecule has 0 radical (unpaired) electrons. The average Bonchev–Trinajstić information content (AvgIpc) is 3.00. The van der Waals surface area contributed by atoms with E-state index < -0.39 is 0 Å². The van der Waals surface area contributed by atoms with Gasteiger partial charge in [0.2, 0.25) is 0 Å². The van der Waals surface area contributed by atoms with Crippen molar-refractivity contribution in [2.45, 2.75) is 6.54 Å². The zero-order chi connectivity index (χ0) is 14.1. The maximum atomic E-state index is 5.24. The van der Waals surface area contributed by atoms with E-state index in [-0.39, 0.29) is 24.0 Å². The second-order valence-electron chi connectivity index (χ2n) is 4.92. The van der Waals surface area contributed by atoms with Gasteiger partial charge in [0.25, 0.3) is 0 Å². The maximum absolute atomic E-state index is 5.24. The van der Waals surface area contributed by atoms with Crippen molar-refractivity contribution in [3.8, 4) is 5.75 Å². The summed E-state index contributed by atoms with van der Waals surface area (Å²) in [5.41, 5.74) is 2.05. The van der Waals surface area contributed by atoms with E-state index in [1.165, 1.54) is 0 Å². The summed E-state index contributed by atoms with van der Waals surface area (Å²) in [7, 11) is 5.73. The largest absolute Gasteiger partial charge is 0.497 e. The minimum Gasteiger partial charge on any atom is -0.497 e. The molecule has 2 heterocycles. The van der Waals surface area contributed by atoms with Gasteiger partial charge in [-0.05, 0) is 12.1 Å². The molecule has 1 aromatic carbocycles. The number of rotatable bonds is 3. The molecule has 0 fully saturated rings. The highest BCUT2D eigenvalue weighted by atomic mass is 127. The van der Waals surface area contributed by atoms with Crippen molar-refractivity contribution in [1.29, 1.82) is 0 Å². The van der Waals surface area contributed by atoms with Crippen LogP contribution in [0.5, 0.6) is 5.75 Å². The molecular formula is C14H20IN5O. The van der Waals surface area contributed by atoms with Crippen LogP contribution in [-0.4, -0.2) is 47.7 Å². The lowest BCUT2D eigenvalue weighted by molar-refractivity contribution is 0.415. The molecule has 1 aliphatic heterocycles. The standard InChI is InChI=1S/C14H19N5O.HI/c1-18-7-6-15-14(18)16-9-13-17-11-8-10(20-3)4-5-12(11)19(13)2;/h4-5,8H,6-7,9H2,1-3H3,(H,15,16);1H. The number of hydrogen-bond acceptors (Lipinski definition) is 5. The Hall–Kier alpha value is -1.51. The summed E-state index contributed by atoms with van der Waals surface area (Å²) in [6.45, 7) is 2.50. The lowest BCUT2D eigenvalue weighted by atomic mass is 10.3. The molecule has 114 valence electrons. The Labute approximate surface area is 141 Å². The highest BCUT2D eigenvalue weighted by Crippen LogP contribution is 2.20. The first-order valence-corrected chi connectivity index (χ1v) is 6.68. The molecule has 0 unspecified atom stereocenters. The van der Waals surface area contributed by atoms with Gasteiger partial charge < -0.3 is 19.5 Å². The molecular weight excluding hydrogens is 381 g/mol. The van der Waals surface area contributed by atoms with Crippen LogP contribution in [0, 0.1) is 0 Å². The number of fused-ring (bicyclic) bond motifs is 1. The van der Waals surface area contributed by atoms with Crippen LogP contribution in [0.3, 0.4) is 0 Å². The molecule has 0 spiro atoms. The van der Waals surface area contributed by atoms with Crippen molar-refractivity contribution in [1.82, 2.24) is 19.8 Å². The Morgan fingerprint density at radius 2 is 2.14 bits per heavy atom. The van der Waals surface area contributed by atoms with Crippen molar-refractivity contribution in [2.24, 2.45) is 12.0 Å². The van der Waals surface area contributed by atoms with E-state index in [1.807, 2.05) is 32.3 Å². The lowest BCUT2D eigenvalue weighted by Crippen LogP contribution is -2.35. The van der Waals surface area contributed by atoms with Gasteiger partial charge in [0.15, 0.2) is 5.96 Å². The number of aromatic nitrogens is 2. The Kier molecular flexibility index (Phi) is 4.92. The van der Waals surface area contributed by atoms with Gasteiger partial charge in [0.05, 0.1) is 31.2 Å². The monoisotopic (exact) mass is 401 g/mol. The van der Waals surface area contributed by atoms with Crippen LogP contribution >= 0.6 is 24.0 Å². The SMILES string of the molecule is COc1ccc2c(c1)nc(CNC1=NCCN1C)n2C.I. The highest BCUT2D eigenvalue weighted by molar-refractivity contribution is 14.0. The van der Waals surface area contributed by atoms with Crippen LogP contribution in [0.4, 0.5) is 0 Å². The smallest absolute Gasteiger partial charge is 0.194 e. The lowest BCUT2D eigenvalue weighted by Gasteiger charge is -2.14. The van der Waals surface area contributed by atoms with Crippen molar-refractivity contribution >= 4 is 41.0 Å². The van der Waals surface area contributed by atoms with Gasteiger partial charge in [0.1, 0.15) is 11.6 Å². The number of imidazole rings is 1. The number of aryl methyl sites for hydroxylation is 1. The fraction of sp³-hybridized carbons (Fsp3) is 0.429. The van der Waals surface area contributed by atoms with Gasteiger partial charge in [-0.25, -0.2) is 4.98 Å². The molecule has 1 aromatic heterocycles. The fourth-order valence-corrected chi connectivity index (χ4v) is 2.40. The predicted octanol–water partition coefficient (Wildman–Crippen LogP) is 1.59. The quantitative estimate of drug-likeness (QED) is 0.794. The van der Waals surface area contributed by atoms with Crippen LogP contribution in [0.2, 0.25) is 0 Å². The second-order valence-corrected chi connectivity index (χ2v) is 4.92. The molecule has 0 saturated heterocycles. The van der Waals surface area contributed by atoms with E-state index in [4.69, 9.17) is 4.74 Å². The van der Waals surface area contributed by atoms with Crippen LogP contribution < -0.4 is 10.1 Å². The van der Waals surface area contributed by atoms with Crippen LogP contribution in [0.1, 0.15) is 5.82 Å². The zero-order valence-corrected chi connectivity index (χ0v) is 14.8. The molecule has 7 heteroatoms. The first-order chi connectivity index (χ1) is 9.69. The number of benzene rings is 1. The number of nitrogens with one attached hydrogen (secondary N) is 1. The molecule has 1 aliphatic rings. The maximum Gasteiger partial charge on any atom is 0.194 e. The van der Waals surface area contributed by atoms with Crippen molar-refractivity contribution in [3.05, 3.63) is 24.0 Å². The van der Waals surface area contributed by atoms with Crippen molar-refractivity contribution in [2.75, 3.05) is 27.2 Å². The van der Waals surface area contributed by atoms with Gasteiger partial charge in [-0.3, -0.25) is 4.99 Å². The van der Waals surface area contributed by atoms with E-state index in [2.05, 4.69) is 24.8 Å². The summed E-state index contributed by atoms with van der Waals surface area (Å²) in [5, 5.41) is 3.34. The molecule has 6 nitrogen and oxygen atoms in total. The molecule has 2 aromatic rings. The highest BCUT2D eigenvalue weighted by Gasteiger charge is 2.14. The second kappa shape index (κ2) is 6.50. The van der Waals surface area contributed by atoms with Gasteiger partial charge in [0, 0.05) is 26.7 Å². The third-order valence-corrected chi connectivity index (χ3v) is 3.64. The first kappa shape index (κ1) is 15.9. The van der Waals surface area contributed by atoms with E-state index in [9.17, 15) is 0 Å². The number of nitrogens with zero attached hydrogens (tertiary/aromatic N) is 4. The predicted molar refractivity (Wildman–Crippen MR) is 94.5 cm³/mol. The first-order valence-electron chi connectivity index (χ1n) is 6.68. The topological polar surface area (TPSA) is 54.7 Å². The summed E-state index contributed by atoms with van der Waals surface area (Å²) >= 11 is 0. The number of aliphatic imine (C=N–C) groups is 1. The van der Waals surface area contributed by atoms with Crippen LogP contribution in [0.15, 0.2) is 23.2 Å². The van der Waals surface area contributed by atoms with Gasteiger partial charge in [-0.15, -0.1) is 24.0 Å². The number of halogens is 1. The summed E-state index contributed by atoms with van der Waals surface area (Å²) in [5.74, 6) is 2.75. The minimum atomic E-state index is 0. The number of guanidine groups is 1. The number of ether oxygens (including phenoxy) is 1. The molecule has 0 amide bonds. The van der Waals surface area contributed by atoms with E-state index in [0.717, 1.165) is 41.7 Å². The van der Waals surface area contributed by atoms with Gasteiger partial charge in [-0.2, -0.15) is 0 Å². The molecule has 0 saturated carbocycles. The molecule has 1 N–H and O–H groups in total. The van der Waals surface area contributed by atoms with E-state index in [1.54, 1.807) is 7.11 Å². The Balaban J connectivity index is 0.00000161. The van der Waals surface area contributed by atoms with E-state index >= 15 is 0 Å². The molecule has 0 aliphatic carbocycles. The van der Waals surface area contributed by atoms with Gasteiger partial charge >= 0.3 is 0 Å². The number of hydrogen-bond donors (Lipinski definition) is 1.